The Morgan fingerprint density at radius 1 is 1.26 bits per heavy atom. The second kappa shape index (κ2) is 5.39. The highest BCUT2D eigenvalue weighted by molar-refractivity contribution is 5.94. The van der Waals surface area contributed by atoms with Gasteiger partial charge in [0.1, 0.15) is 5.69 Å². The molecule has 19 heavy (non-hydrogen) atoms. The highest BCUT2D eigenvalue weighted by atomic mass is 16.4. The molecule has 0 saturated heterocycles. The van der Waals surface area contributed by atoms with Gasteiger partial charge in [0.2, 0.25) is 5.91 Å². The van der Waals surface area contributed by atoms with Gasteiger partial charge in [0.25, 0.3) is 0 Å². The topological polar surface area (TPSA) is 73.4 Å². The number of carboxylic acid groups (broad SMARTS) is 1. The van der Waals surface area contributed by atoms with E-state index in [4.69, 9.17) is 5.11 Å². The van der Waals surface area contributed by atoms with Crippen LogP contribution in [-0.2, 0) is 11.3 Å². The molecule has 1 heterocycles. The predicted molar refractivity (Wildman–Crippen MR) is 71.1 cm³/mol. The molecule has 1 amide bonds. The Kier molecular flexibility index (Phi) is 3.66. The minimum absolute atomic E-state index is 0.0642. The first-order valence-corrected chi connectivity index (χ1v) is 5.81. The van der Waals surface area contributed by atoms with E-state index in [1.54, 1.807) is 0 Å². The highest BCUT2D eigenvalue weighted by Gasteiger charge is 2.15. The number of carboxylic acids is 1. The number of rotatable bonds is 4. The van der Waals surface area contributed by atoms with Crippen LogP contribution < -0.4 is 4.90 Å². The Bertz CT molecular complexity index is 590. The van der Waals surface area contributed by atoms with E-state index >= 15 is 0 Å². The van der Waals surface area contributed by atoms with Crippen molar-refractivity contribution in [1.82, 2.24) is 4.98 Å². The van der Waals surface area contributed by atoms with Crippen LogP contribution in [0.5, 0.6) is 0 Å². The Morgan fingerprint density at radius 3 is 2.47 bits per heavy atom. The lowest BCUT2D eigenvalue weighted by Gasteiger charge is -2.19. The summed E-state index contributed by atoms with van der Waals surface area (Å²) in [4.78, 5) is 26.7. The first-order chi connectivity index (χ1) is 9.08. The van der Waals surface area contributed by atoms with Crippen LogP contribution in [0.15, 0.2) is 42.6 Å². The third kappa shape index (κ3) is 3.01. The summed E-state index contributed by atoms with van der Waals surface area (Å²) in [7, 11) is 0. The molecule has 5 heteroatoms. The van der Waals surface area contributed by atoms with E-state index in [1.807, 2.05) is 30.3 Å². The number of nitrogens with zero attached hydrogens (tertiary/aromatic N) is 1. The summed E-state index contributed by atoms with van der Waals surface area (Å²) in [6.45, 7) is 1.86. The van der Waals surface area contributed by atoms with Crippen LogP contribution in [0.25, 0.3) is 0 Å². The van der Waals surface area contributed by atoms with Gasteiger partial charge in [-0.25, -0.2) is 4.79 Å². The van der Waals surface area contributed by atoms with Gasteiger partial charge in [0, 0.05) is 13.1 Å². The van der Waals surface area contributed by atoms with E-state index in [9.17, 15) is 9.59 Å². The Labute approximate surface area is 110 Å². The van der Waals surface area contributed by atoms with Crippen LogP contribution in [-0.4, -0.2) is 22.0 Å². The molecule has 98 valence electrons. The van der Waals surface area contributed by atoms with Crippen molar-refractivity contribution in [2.24, 2.45) is 0 Å². The molecule has 0 atom stereocenters. The number of anilines is 1. The lowest BCUT2D eigenvalue weighted by molar-refractivity contribution is -0.116. The van der Waals surface area contributed by atoms with Crippen molar-refractivity contribution in [3.8, 4) is 0 Å². The first kappa shape index (κ1) is 12.9. The number of aromatic amines is 1. The number of nitrogens with one attached hydrogen (secondary N) is 1. The normalized spacial score (nSPS) is 10.2. The molecule has 2 rings (SSSR count). The number of benzene rings is 1. The number of amides is 1. The zero-order valence-corrected chi connectivity index (χ0v) is 10.5. The molecule has 0 aliphatic rings. The molecule has 5 nitrogen and oxygen atoms in total. The highest BCUT2D eigenvalue weighted by Crippen LogP contribution is 2.19. The van der Waals surface area contributed by atoms with E-state index in [0.717, 1.165) is 5.56 Å². The number of hydrogen-bond acceptors (Lipinski definition) is 2. The summed E-state index contributed by atoms with van der Waals surface area (Å²) in [5.41, 5.74) is 1.60. The first-order valence-electron chi connectivity index (χ1n) is 5.81. The molecule has 0 spiro atoms. The maximum Gasteiger partial charge on any atom is 0.352 e. The Hall–Kier alpha value is -2.56. The van der Waals surface area contributed by atoms with Gasteiger partial charge < -0.3 is 15.0 Å². The van der Waals surface area contributed by atoms with Crippen molar-refractivity contribution in [1.29, 1.82) is 0 Å². The van der Waals surface area contributed by atoms with Crippen molar-refractivity contribution in [2.45, 2.75) is 13.5 Å². The second-order valence-corrected chi connectivity index (χ2v) is 4.17. The fourth-order valence-electron chi connectivity index (χ4n) is 1.81. The van der Waals surface area contributed by atoms with E-state index in [2.05, 4.69) is 4.98 Å². The number of carbonyl (C=O) groups is 2. The van der Waals surface area contributed by atoms with Gasteiger partial charge in [-0.3, -0.25) is 4.79 Å². The molecule has 1 aromatic heterocycles. The summed E-state index contributed by atoms with van der Waals surface area (Å²) in [5, 5.41) is 8.87. The molecule has 0 unspecified atom stereocenters. The standard InChI is InChI=1S/C14H14N2O3/c1-10(17)16(9-11-5-3-2-4-6-11)12-7-13(14(18)19)15-8-12/h2-8,15H,9H2,1H3,(H,18,19). The molecule has 0 bridgehead atoms. The maximum absolute atomic E-state index is 11.7. The number of aromatic nitrogens is 1. The monoisotopic (exact) mass is 258 g/mol. The zero-order valence-electron chi connectivity index (χ0n) is 10.5. The Balaban J connectivity index is 2.25. The predicted octanol–water partition coefficient (Wildman–Crippen LogP) is 2.27. The Morgan fingerprint density at radius 2 is 1.95 bits per heavy atom. The van der Waals surface area contributed by atoms with E-state index in [1.165, 1.54) is 24.1 Å². The zero-order chi connectivity index (χ0) is 13.8. The number of H-pyrrole nitrogens is 1. The van der Waals surface area contributed by atoms with Gasteiger partial charge in [0.15, 0.2) is 0 Å². The van der Waals surface area contributed by atoms with Crippen LogP contribution in [0.2, 0.25) is 0 Å². The molecule has 0 fully saturated rings. The lowest BCUT2D eigenvalue weighted by atomic mass is 10.2. The number of hydrogen-bond donors (Lipinski definition) is 2. The molecule has 1 aromatic carbocycles. The van der Waals surface area contributed by atoms with Gasteiger partial charge in [-0.1, -0.05) is 30.3 Å². The second-order valence-electron chi connectivity index (χ2n) is 4.17. The minimum Gasteiger partial charge on any atom is -0.477 e. The average Bonchev–Trinajstić information content (AvgIpc) is 2.86. The molecule has 0 saturated carbocycles. The third-order valence-electron chi connectivity index (χ3n) is 2.77. The minimum atomic E-state index is -1.05. The van der Waals surface area contributed by atoms with E-state index < -0.39 is 5.97 Å². The van der Waals surface area contributed by atoms with Crippen LogP contribution in [0.1, 0.15) is 23.0 Å². The van der Waals surface area contributed by atoms with E-state index in [-0.39, 0.29) is 11.6 Å². The summed E-state index contributed by atoms with van der Waals surface area (Å²) >= 11 is 0. The quantitative estimate of drug-likeness (QED) is 0.883. The number of aromatic carboxylic acids is 1. The van der Waals surface area contributed by atoms with Crippen molar-refractivity contribution in [2.75, 3.05) is 4.90 Å². The fraction of sp³-hybridized carbons (Fsp3) is 0.143. The van der Waals surface area contributed by atoms with Crippen LogP contribution in [0, 0.1) is 0 Å². The summed E-state index contributed by atoms with van der Waals surface area (Å²) in [6.07, 6.45) is 1.52. The molecular formula is C14H14N2O3. The number of carbonyl (C=O) groups excluding carboxylic acids is 1. The maximum atomic E-state index is 11.7. The third-order valence-corrected chi connectivity index (χ3v) is 2.77. The molecule has 2 N–H and O–H groups in total. The largest absolute Gasteiger partial charge is 0.477 e. The molecule has 2 aromatic rings. The van der Waals surface area contributed by atoms with E-state index in [0.29, 0.717) is 12.2 Å². The lowest BCUT2D eigenvalue weighted by Crippen LogP contribution is -2.27. The van der Waals surface area contributed by atoms with Crippen LogP contribution >= 0.6 is 0 Å². The van der Waals surface area contributed by atoms with Crippen molar-refractivity contribution >= 4 is 17.6 Å². The summed E-state index contributed by atoms with van der Waals surface area (Å²) in [6, 6.07) is 11.0. The fourth-order valence-corrected chi connectivity index (χ4v) is 1.81. The molecule has 0 aliphatic heterocycles. The van der Waals surface area contributed by atoms with Crippen molar-refractivity contribution < 1.29 is 14.7 Å². The molecule has 0 aliphatic carbocycles. The average molecular weight is 258 g/mol. The van der Waals surface area contributed by atoms with Gasteiger partial charge in [0.05, 0.1) is 12.2 Å². The van der Waals surface area contributed by atoms with Gasteiger partial charge in [-0.15, -0.1) is 0 Å². The smallest absolute Gasteiger partial charge is 0.352 e. The SMILES string of the molecule is CC(=O)N(Cc1ccccc1)c1c[nH]c(C(=O)O)c1. The van der Waals surface area contributed by atoms with Crippen molar-refractivity contribution in [3.63, 3.8) is 0 Å². The van der Waals surface area contributed by atoms with Crippen molar-refractivity contribution in [3.05, 3.63) is 53.9 Å². The molecular weight excluding hydrogens is 244 g/mol. The summed E-state index contributed by atoms with van der Waals surface area (Å²) in [5.74, 6) is -1.19. The van der Waals surface area contributed by atoms with Gasteiger partial charge in [-0.2, -0.15) is 0 Å². The van der Waals surface area contributed by atoms with Crippen LogP contribution in [0.3, 0.4) is 0 Å². The molecule has 0 radical (unpaired) electrons. The van der Waals surface area contributed by atoms with Gasteiger partial charge >= 0.3 is 5.97 Å². The van der Waals surface area contributed by atoms with Gasteiger partial charge in [-0.05, 0) is 11.6 Å². The van der Waals surface area contributed by atoms with Crippen LogP contribution in [0.4, 0.5) is 5.69 Å². The summed E-state index contributed by atoms with van der Waals surface area (Å²) < 4.78 is 0.